The predicted octanol–water partition coefficient (Wildman–Crippen LogP) is 1.81. The molecule has 18 heavy (non-hydrogen) atoms. The van der Waals surface area contributed by atoms with Gasteiger partial charge in [-0.05, 0) is 19.1 Å². The zero-order valence-electron chi connectivity index (χ0n) is 9.74. The predicted molar refractivity (Wildman–Crippen MR) is 66.4 cm³/mol. The van der Waals surface area contributed by atoms with Crippen LogP contribution < -0.4 is 10.5 Å². The molecule has 3 rings (SSSR count). The first kappa shape index (κ1) is 10.5. The van der Waals surface area contributed by atoms with Gasteiger partial charge in [0.2, 0.25) is 5.65 Å². The summed E-state index contributed by atoms with van der Waals surface area (Å²) in [6.45, 7) is 1.87. The van der Waals surface area contributed by atoms with E-state index in [-0.39, 0.29) is 0 Å². The molecule has 2 aromatic heterocycles. The highest BCUT2D eigenvalue weighted by Gasteiger charge is 2.09. The van der Waals surface area contributed by atoms with Gasteiger partial charge in [0.05, 0.1) is 0 Å². The summed E-state index contributed by atoms with van der Waals surface area (Å²) >= 11 is 0. The summed E-state index contributed by atoms with van der Waals surface area (Å²) in [6.07, 6.45) is 3.43. The van der Waals surface area contributed by atoms with Crippen LogP contribution in [0.25, 0.3) is 5.65 Å². The third-order valence-corrected chi connectivity index (χ3v) is 2.54. The lowest BCUT2D eigenvalue weighted by molar-refractivity contribution is 0.465. The van der Waals surface area contributed by atoms with Gasteiger partial charge in [-0.1, -0.05) is 6.07 Å². The molecule has 0 fully saturated rings. The highest BCUT2D eigenvalue weighted by Crippen LogP contribution is 2.24. The number of hydrogen-bond acceptors (Lipinski definition) is 5. The van der Waals surface area contributed by atoms with Crippen LogP contribution in [-0.2, 0) is 0 Å². The van der Waals surface area contributed by atoms with Crippen LogP contribution in [0.3, 0.4) is 0 Å². The van der Waals surface area contributed by atoms with Gasteiger partial charge in [0.25, 0.3) is 5.88 Å². The summed E-state index contributed by atoms with van der Waals surface area (Å²) in [5.74, 6) is 1.81. The maximum atomic E-state index is 5.70. The Balaban J connectivity index is 2.05. The van der Waals surface area contributed by atoms with Crippen LogP contribution >= 0.6 is 0 Å². The monoisotopic (exact) mass is 241 g/mol. The standard InChI is InChI=1S/C12H11N5O/c1-8-15-16-11-12(14-5-6-17(8)11)18-10-4-2-3-9(13)7-10/h2-7H,13H2,1H3. The molecule has 3 aromatic rings. The van der Waals surface area contributed by atoms with E-state index in [9.17, 15) is 0 Å². The van der Waals surface area contributed by atoms with Crippen molar-refractivity contribution in [3.05, 3.63) is 42.5 Å². The summed E-state index contributed by atoms with van der Waals surface area (Å²) in [4.78, 5) is 4.16. The van der Waals surface area contributed by atoms with Gasteiger partial charge in [0.15, 0.2) is 0 Å². The van der Waals surface area contributed by atoms with Crippen molar-refractivity contribution in [2.45, 2.75) is 6.92 Å². The van der Waals surface area contributed by atoms with Gasteiger partial charge in [-0.25, -0.2) is 4.98 Å². The minimum atomic E-state index is 0.406. The molecule has 0 radical (unpaired) electrons. The lowest BCUT2D eigenvalue weighted by atomic mass is 10.3. The second kappa shape index (κ2) is 3.99. The lowest BCUT2D eigenvalue weighted by Crippen LogP contribution is -1.95. The Hall–Kier alpha value is -2.63. The Labute approximate surface area is 103 Å². The summed E-state index contributed by atoms with van der Waals surface area (Å²) in [5, 5.41) is 8.01. The van der Waals surface area contributed by atoms with Crippen LogP contribution in [0.1, 0.15) is 5.82 Å². The molecule has 6 heteroatoms. The molecular formula is C12H11N5O. The van der Waals surface area contributed by atoms with E-state index < -0.39 is 0 Å². The van der Waals surface area contributed by atoms with Crippen LogP contribution in [0.5, 0.6) is 11.6 Å². The fourth-order valence-corrected chi connectivity index (χ4v) is 1.68. The summed E-state index contributed by atoms with van der Waals surface area (Å²) < 4.78 is 7.49. The van der Waals surface area contributed by atoms with Crippen molar-refractivity contribution < 1.29 is 4.74 Å². The van der Waals surface area contributed by atoms with Gasteiger partial charge in [-0.2, -0.15) is 0 Å². The maximum absolute atomic E-state index is 5.70. The van der Waals surface area contributed by atoms with Crippen molar-refractivity contribution >= 4 is 11.3 Å². The number of nitrogens with two attached hydrogens (primary N) is 1. The molecule has 0 aliphatic rings. The summed E-state index contributed by atoms with van der Waals surface area (Å²) in [5.41, 5.74) is 6.91. The van der Waals surface area contributed by atoms with E-state index in [1.807, 2.05) is 23.5 Å². The fourth-order valence-electron chi connectivity index (χ4n) is 1.68. The zero-order chi connectivity index (χ0) is 12.5. The Morgan fingerprint density at radius 3 is 3.00 bits per heavy atom. The molecule has 2 heterocycles. The summed E-state index contributed by atoms with van der Waals surface area (Å²) in [6, 6.07) is 7.15. The van der Waals surface area contributed by atoms with E-state index in [2.05, 4.69) is 15.2 Å². The highest BCUT2D eigenvalue weighted by molar-refractivity contribution is 5.51. The molecule has 0 bridgehead atoms. The van der Waals surface area contributed by atoms with Gasteiger partial charge in [-0.3, -0.25) is 4.40 Å². The molecule has 0 atom stereocenters. The van der Waals surface area contributed by atoms with Gasteiger partial charge in [0, 0.05) is 24.1 Å². The number of rotatable bonds is 2. The van der Waals surface area contributed by atoms with E-state index in [1.54, 1.807) is 24.5 Å². The Bertz CT molecular complexity index is 707. The van der Waals surface area contributed by atoms with Crippen molar-refractivity contribution in [2.75, 3.05) is 5.73 Å². The van der Waals surface area contributed by atoms with Crippen LogP contribution in [0, 0.1) is 6.92 Å². The van der Waals surface area contributed by atoms with Crippen LogP contribution in [0.15, 0.2) is 36.7 Å². The van der Waals surface area contributed by atoms with Gasteiger partial charge < -0.3 is 10.5 Å². The molecule has 0 unspecified atom stereocenters. The second-order valence-electron chi connectivity index (χ2n) is 3.85. The van der Waals surface area contributed by atoms with Crippen LogP contribution in [0.2, 0.25) is 0 Å². The minimum Gasteiger partial charge on any atom is -0.436 e. The van der Waals surface area contributed by atoms with Crippen molar-refractivity contribution in [1.29, 1.82) is 0 Å². The molecule has 0 saturated carbocycles. The summed E-state index contributed by atoms with van der Waals surface area (Å²) in [7, 11) is 0. The molecule has 0 aliphatic carbocycles. The van der Waals surface area contributed by atoms with E-state index in [4.69, 9.17) is 10.5 Å². The molecule has 0 amide bonds. The van der Waals surface area contributed by atoms with E-state index in [0.717, 1.165) is 5.82 Å². The molecule has 0 saturated heterocycles. The third-order valence-electron chi connectivity index (χ3n) is 2.54. The smallest absolute Gasteiger partial charge is 0.265 e. The average molecular weight is 241 g/mol. The molecular weight excluding hydrogens is 230 g/mol. The van der Waals surface area contributed by atoms with E-state index in [0.29, 0.717) is 23.0 Å². The average Bonchev–Trinajstić information content (AvgIpc) is 2.73. The number of aryl methyl sites for hydroxylation is 1. The Morgan fingerprint density at radius 1 is 1.28 bits per heavy atom. The molecule has 2 N–H and O–H groups in total. The molecule has 1 aromatic carbocycles. The number of ether oxygens (including phenoxy) is 1. The highest BCUT2D eigenvalue weighted by atomic mass is 16.5. The molecule has 0 aliphatic heterocycles. The Morgan fingerprint density at radius 2 is 2.17 bits per heavy atom. The van der Waals surface area contributed by atoms with Gasteiger partial charge >= 0.3 is 0 Å². The van der Waals surface area contributed by atoms with Gasteiger partial charge in [0.1, 0.15) is 11.6 Å². The normalized spacial score (nSPS) is 10.7. The first-order valence-electron chi connectivity index (χ1n) is 5.44. The van der Waals surface area contributed by atoms with Crippen molar-refractivity contribution in [3.63, 3.8) is 0 Å². The first-order chi connectivity index (χ1) is 8.74. The zero-order valence-corrected chi connectivity index (χ0v) is 9.74. The number of nitrogen functional groups attached to an aromatic ring is 1. The maximum Gasteiger partial charge on any atom is 0.265 e. The van der Waals surface area contributed by atoms with Crippen molar-refractivity contribution in [2.24, 2.45) is 0 Å². The number of fused-ring (bicyclic) bond motifs is 1. The van der Waals surface area contributed by atoms with Crippen molar-refractivity contribution in [1.82, 2.24) is 19.6 Å². The van der Waals surface area contributed by atoms with Crippen molar-refractivity contribution in [3.8, 4) is 11.6 Å². The third kappa shape index (κ3) is 1.73. The molecule has 0 spiro atoms. The minimum absolute atomic E-state index is 0.406. The first-order valence-corrected chi connectivity index (χ1v) is 5.44. The van der Waals surface area contributed by atoms with E-state index >= 15 is 0 Å². The number of nitrogens with zero attached hydrogens (tertiary/aromatic N) is 4. The van der Waals surface area contributed by atoms with Gasteiger partial charge in [-0.15, -0.1) is 10.2 Å². The quantitative estimate of drug-likeness (QED) is 0.692. The van der Waals surface area contributed by atoms with E-state index in [1.165, 1.54) is 0 Å². The van der Waals surface area contributed by atoms with Crippen LogP contribution in [0.4, 0.5) is 5.69 Å². The topological polar surface area (TPSA) is 78.3 Å². The largest absolute Gasteiger partial charge is 0.436 e. The number of hydrogen-bond donors (Lipinski definition) is 1. The number of benzene rings is 1. The second-order valence-corrected chi connectivity index (χ2v) is 3.85. The van der Waals surface area contributed by atoms with Crippen LogP contribution in [-0.4, -0.2) is 19.6 Å². The molecule has 90 valence electrons. The lowest BCUT2D eigenvalue weighted by Gasteiger charge is -2.05. The number of aromatic nitrogens is 4. The molecule has 6 nitrogen and oxygen atoms in total. The number of anilines is 1. The fraction of sp³-hybridized carbons (Fsp3) is 0.0833. The Kier molecular flexibility index (Phi) is 2.33. The SMILES string of the molecule is Cc1nnc2c(Oc3cccc(N)c3)nccn12.